The van der Waals surface area contributed by atoms with Gasteiger partial charge in [-0.2, -0.15) is 0 Å². The Balaban J connectivity index is 1.77. The van der Waals surface area contributed by atoms with Gasteiger partial charge in [-0.1, -0.05) is 12.1 Å². The summed E-state index contributed by atoms with van der Waals surface area (Å²) >= 11 is 0. The van der Waals surface area contributed by atoms with Crippen molar-refractivity contribution >= 4 is 5.90 Å². The van der Waals surface area contributed by atoms with Crippen molar-refractivity contribution in [1.82, 2.24) is 9.97 Å². The van der Waals surface area contributed by atoms with Gasteiger partial charge in [0.25, 0.3) is 0 Å². The van der Waals surface area contributed by atoms with Crippen LogP contribution in [0, 0.1) is 5.41 Å². The first-order valence-corrected chi connectivity index (χ1v) is 8.07. The highest BCUT2D eigenvalue weighted by Gasteiger charge is 2.69. The molecule has 2 atom stereocenters. The van der Waals surface area contributed by atoms with Crippen LogP contribution < -0.4 is 0 Å². The van der Waals surface area contributed by atoms with Gasteiger partial charge in [0.15, 0.2) is 5.90 Å². The first-order chi connectivity index (χ1) is 11.0. The minimum Gasteiger partial charge on any atom is -0.478 e. The highest BCUT2D eigenvalue weighted by molar-refractivity contribution is 5.90. The summed E-state index contributed by atoms with van der Waals surface area (Å²) in [6.07, 6.45) is 3.70. The van der Waals surface area contributed by atoms with E-state index < -0.39 is 0 Å². The maximum absolute atomic E-state index is 5.99. The first-order valence-electron chi connectivity index (χ1n) is 8.07. The molecule has 0 spiro atoms. The summed E-state index contributed by atoms with van der Waals surface area (Å²) in [7, 11) is 0. The Labute approximate surface area is 136 Å². The van der Waals surface area contributed by atoms with Crippen LogP contribution >= 0.6 is 0 Å². The van der Waals surface area contributed by atoms with Crippen LogP contribution in [0.15, 0.2) is 53.8 Å². The highest BCUT2D eigenvalue weighted by atomic mass is 16.5. The third-order valence-electron chi connectivity index (χ3n) is 4.96. The SMILES string of the molecule is CC1(C)COC(C2(C)[C@H](c3ccccn3)[C@H]2c2ccccn2)=N1. The summed E-state index contributed by atoms with van der Waals surface area (Å²) in [5, 5.41) is 0. The van der Waals surface area contributed by atoms with E-state index in [9.17, 15) is 0 Å². The monoisotopic (exact) mass is 307 g/mol. The summed E-state index contributed by atoms with van der Waals surface area (Å²) < 4.78 is 5.99. The summed E-state index contributed by atoms with van der Waals surface area (Å²) in [5.41, 5.74) is 1.85. The summed E-state index contributed by atoms with van der Waals surface area (Å²) in [6.45, 7) is 7.09. The van der Waals surface area contributed by atoms with E-state index in [0.29, 0.717) is 6.61 Å². The lowest BCUT2D eigenvalue weighted by molar-refractivity contribution is 0.263. The molecular weight excluding hydrogens is 286 g/mol. The predicted octanol–water partition coefficient (Wildman–Crippen LogP) is 3.57. The van der Waals surface area contributed by atoms with Crippen LogP contribution in [0.5, 0.6) is 0 Å². The van der Waals surface area contributed by atoms with Gasteiger partial charge in [0.1, 0.15) is 6.61 Å². The Kier molecular flexibility index (Phi) is 3.05. The third-order valence-corrected chi connectivity index (χ3v) is 4.96. The van der Waals surface area contributed by atoms with Gasteiger partial charge >= 0.3 is 0 Å². The van der Waals surface area contributed by atoms with Crippen molar-refractivity contribution in [1.29, 1.82) is 0 Å². The Morgan fingerprint density at radius 1 is 0.913 bits per heavy atom. The number of rotatable bonds is 3. The maximum atomic E-state index is 5.99. The molecule has 1 aliphatic carbocycles. The number of aliphatic imine (C=N–C) groups is 1. The number of pyridine rings is 2. The Morgan fingerprint density at radius 2 is 1.48 bits per heavy atom. The molecule has 0 bridgehead atoms. The normalized spacial score (nSPS) is 31.3. The number of nitrogens with zero attached hydrogens (tertiary/aromatic N) is 3. The van der Waals surface area contributed by atoms with Gasteiger partial charge < -0.3 is 4.74 Å². The van der Waals surface area contributed by atoms with E-state index in [1.807, 2.05) is 36.7 Å². The van der Waals surface area contributed by atoms with Gasteiger partial charge in [0.2, 0.25) is 0 Å². The molecule has 118 valence electrons. The Morgan fingerprint density at radius 3 is 1.87 bits per heavy atom. The third kappa shape index (κ3) is 2.24. The second kappa shape index (κ2) is 4.88. The van der Waals surface area contributed by atoms with Crippen molar-refractivity contribution in [2.75, 3.05) is 6.61 Å². The van der Waals surface area contributed by atoms with Crippen LogP contribution in [0.25, 0.3) is 0 Å². The fraction of sp³-hybridized carbons (Fsp3) is 0.421. The molecule has 0 unspecified atom stereocenters. The quantitative estimate of drug-likeness (QED) is 0.871. The zero-order valence-corrected chi connectivity index (χ0v) is 13.7. The van der Waals surface area contributed by atoms with Crippen LogP contribution in [-0.4, -0.2) is 28.0 Å². The van der Waals surface area contributed by atoms with Crippen molar-refractivity contribution in [2.24, 2.45) is 10.4 Å². The summed E-state index contributed by atoms with van der Waals surface area (Å²) in [6, 6.07) is 12.2. The minimum atomic E-state index is -0.170. The molecule has 3 heterocycles. The zero-order chi connectivity index (χ0) is 16.1. The molecule has 0 N–H and O–H groups in total. The lowest BCUT2D eigenvalue weighted by Gasteiger charge is -2.11. The zero-order valence-electron chi connectivity index (χ0n) is 13.7. The van der Waals surface area contributed by atoms with Gasteiger partial charge in [-0.3, -0.25) is 9.97 Å². The molecule has 23 heavy (non-hydrogen) atoms. The Hall–Kier alpha value is -2.23. The molecule has 0 saturated heterocycles. The van der Waals surface area contributed by atoms with Gasteiger partial charge in [-0.25, -0.2) is 4.99 Å². The Bertz CT molecular complexity index is 694. The molecule has 4 nitrogen and oxygen atoms in total. The van der Waals surface area contributed by atoms with Crippen LogP contribution in [0.3, 0.4) is 0 Å². The standard InChI is InChI=1S/C19H21N3O/c1-18(2)12-23-17(22-18)19(3)15(13-8-4-6-10-20-13)16(19)14-9-5-7-11-21-14/h4-11,15-16H,12H2,1-3H3/t15-,16-/m1/s1. The van der Waals surface area contributed by atoms with Gasteiger partial charge in [0, 0.05) is 35.6 Å². The largest absolute Gasteiger partial charge is 0.478 e. The van der Waals surface area contributed by atoms with E-state index in [2.05, 4.69) is 42.9 Å². The van der Waals surface area contributed by atoms with E-state index in [1.165, 1.54) is 0 Å². The fourth-order valence-electron chi connectivity index (χ4n) is 3.72. The molecule has 4 heteroatoms. The number of hydrogen-bond acceptors (Lipinski definition) is 4. The molecule has 0 radical (unpaired) electrons. The fourth-order valence-corrected chi connectivity index (χ4v) is 3.72. The molecule has 2 aromatic heterocycles. The molecular formula is C19H21N3O. The summed E-state index contributed by atoms with van der Waals surface area (Å²) in [4.78, 5) is 14.0. The van der Waals surface area contributed by atoms with Crippen molar-refractivity contribution in [3.8, 4) is 0 Å². The molecule has 1 fully saturated rings. The van der Waals surface area contributed by atoms with Crippen LogP contribution in [0.4, 0.5) is 0 Å². The smallest absolute Gasteiger partial charge is 0.191 e. The second-order valence-corrected chi connectivity index (χ2v) is 7.27. The minimum absolute atomic E-state index is 0.149. The van der Waals surface area contributed by atoms with Crippen LogP contribution in [0.2, 0.25) is 0 Å². The molecule has 4 rings (SSSR count). The number of aromatic nitrogens is 2. The number of ether oxygens (including phenoxy) is 1. The lowest BCUT2D eigenvalue weighted by atomic mass is 10.0. The second-order valence-electron chi connectivity index (χ2n) is 7.27. The van der Waals surface area contributed by atoms with Gasteiger partial charge in [-0.05, 0) is 45.0 Å². The predicted molar refractivity (Wildman–Crippen MR) is 89.5 cm³/mol. The van der Waals surface area contributed by atoms with E-state index >= 15 is 0 Å². The van der Waals surface area contributed by atoms with Gasteiger partial charge in [0.05, 0.1) is 11.0 Å². The average molecular weight is 307 g/mol. The number of hydrogen-bond donors (Lipinski definition) is 0. The van der Waals surface area contributed by atoms with Crippen LogP contribution in [0.1, 0.15) is 44.0 Å². The molecule has 1 saturated carbocycles. The molecule has 2 aliphatic rings. The average Bonchev–Trinajstić information content (AvgIpc) is 3.03. The van der Waals surface area contributed by atoms with Gasteiger partial charge in [-0.15, -0.1) is 0 Å². The van der Waals surface area contributed by atoms with Crippen molar-refractivity contribution < 1.29 is 4.74 Å². The van der Waals surface area contributed by atoms with Crippen LogP contribution in [-0.2, 0) is 4.74 Å². The van der Waals surface area contributed by atoms with E-state index in [1.54, 1.807) is 0 Å². The van der Waals surface area contributed by atoms with Crippen molar-refractivity contribution in [3.05, 3.63) is 60.2 Å². The van der Waals surface area contributed by atoms with E-state index in [0.717, 1.165) is 17.3 Å². The molecule has 2 aromatic rings. The highest BCUT2D eigenvalue weighted by Crippen LogP contribution is 2.70. The van der Waals surface area contributed by atoms with Crippen molar-refractivity contribution in [3.63, 3.8) is 0 Å². The first kappa shape index (κ1) is 14.4. The molecule has 1 aliphatic heterocycles. The molecule has 0 aromatic carbocycles. The van der Waals surface area contributed by atoms with E-state index in [-0.39, 0.29) is 22.8 Å². The summed E-state index contributed by atoms with van der Waals surface area (Å²) in [5.74, 6) is 1.37. The lowest BCUT2D eigenvalue weighted by Crippen LogP contribution is -2.17. The maximum Gasteiger partial charge on any atom is 0.191 e. The topological polar surface area (TPSA) is 47.4 Å². The van der Waals surface area contributed by atoms with E-state index in [4.69, 9.17) is 9.73 Å². The molecule has 0 amide bonds. The van der Waals surface area contributed by atoms with Crippen molar-refractivity contribution in [2.45, 2.75) is 38.1 Å².